The Balaban J connectivity index is 2.49. The first kappa shape index (κ1) is 11.9. The minimum atomic E-state index is -0.176. The van der Waals surface area contributed by atoms with Crippen LogP contribution >= 0.6 is 0 Å². The van der Waals surface area contributed by atoms with Crippen LogP contribution in [0.5, 0.6) is 0 Å². The Morgan fingerprint density at radius 2 is 2.24 bits per heavy atom. The third-order valence-electron chi connectivity index (χ3n) is 3.25. The zero-order chi connectivity index (χ0) is 12.3. The summed E-state index contributed by atoms with van der Waals surface area (Å²) < 4.78 is 6.58. The molecule has 1 heterocycles. The van der Waals surface area contributed by atoms with Crippen molar-refractivity contribution in [3.63, 3.8) is 0 Å². The molecule has 17 heavy (non-hydrogen) atoms. The van der Waals surface area contributed by atoms with Crippen LogP contribution in [0.3, 0.4) is 0 Å². The molecule has 0 saturated carbocycles. The zero-order valence-corrected chi connectivity index (χ0v) is 10.0. The van der Waals surface area contributed by atoms with Gasteiger partial charge < -0.3 is 9.30 Å². The van der Waals surface area contributed by atoms with Crippen LogP contribution < -0.4 is 5.56 Å². The Kier molecular flexibility index (Phi) is 3.60. The maximum absolute atomic E-state index is 12.1. The lowest BCUT2D eigenvalue weighted by Crippen LogP contribution is -2.27. The second-order valence-electron chi connectivity index (χ2n) is 4.32. The maximum Gasteiger partial charge on any atom is 0.268 e. The summed E-state index contributed by atoms with van der Waals surface area (Å²) in [4.78, 5) is 12.1. The Labute approximate surface area is 100 Å². The van der Waals surface area contributed by atoms with Gasteiger partial charge in [-0.05, 0) is 36.8 Å². The van der Waals surface area contributed by atoms with E-state index in [9.17, 15) is 4.79 Å². The van der Waals surface area contributed by atoms with Crippen molar-refractivity contribution in [3.8, 4) is 6.07 Å². The fourth-order valence-corrected chi connectivity index (χ4v) is 2.35. The topological polar surface area (TPSA) is 55.0 Å². The van der Waals surface area contributed by atoms with Gasteiger partial charge in [-0.25, -0.2) is 0 Å². The fraction of sp³-hybridized carbons (Fsp3) is 0.538. The summed E-state index contributed by atoms with van der Waals surface area (Å²) in [5, 5.41) is 9.13. The summed E-state index contributed by atoms with van der Waals surface area (Å²) in [6.45, 7) is 1.00. The monoisotopic (exact) mass is 232 g/mol. The number of aryl methyl sites for hydroxylation is 1. The van der Waals surface area contributed by atoms with Gasteiger partial charge in [0.2, 0.25) is 0 Å². The average Bonchev–Trinajstić information content (AvgIpc) is 2.36. The molecule has 0 aliphatic heterocycles. The number of rotatable bonds is 3. The summed E-state index contributed by atoms with van der Waals surface area (Å²) in [7, 11) is 1.61. The van der Waals surface area contributed by atoms with Crippen molar-refractivity contribution >= 4 is 0 Å². The molecule has 0 N–H and O–H groups in total. The second-order valence-corrected chi connectivity index (χ2v) is 4.32. The molecule has 0 saturated heterocycles. The van der Waals surface area contributed by atoms with Crippen molar-refractivity contribution in [1.82, 2.24) is 4.57 Å². The molecule has 0 bridgehead atoms. The predicted octanol–water partition coefficient (Wildman–Crippen LogP) is 1.25. The lowest BCUT2D eigenvalue weighted by Gasteiger charge is -2.18. The third kappa shape index (κ3) is 2.25. The van der Waals surface area contributed by atoms with E-state index in [2.05, 4.69) is 6.07 Å². The third-order valence-corrected chi connectivity index (χ3v) is 3.25. The number of nitriles is 1. The number of fused-ring (bicyclic) bond motifs is 1. The van der Waals surface area contributed by atoms with Gasteiger partial charge in [-0.1, -0.05) is 0 Å². The number of hydrogen-bond acceptors (Lipinski definition) is 3. The van der Waals surface area contributed by atoms with E-state index >= 15 is 0 Å². The zero-order valence-electron chi connectivity index (χ0n) is 10.0. The summed E-state index contributed by atoms with van der Waals surface area (Å²) in [5.74, 6) is 0. The highest BCUT2D eigenvalue weighted by atomic mass is 16.5. The molecule has 0 atom stereocenters. The van der Waals surface area contributed by atoms with Crippen LogP contribution in [0.2, 0.25) is 0 Å². The SMILES string of the molecule is COCCn1cc2c(c(C#N)c1=O)CCCC2. The van der Waals surface area contributed by atoms with Gasteiger partial charge in [-0.2, -0.15) is 5.26 Å². The van der Waals surface area contributed by atoms with Crippen molar-refractivity contribution in [1.29, 1.82) is 5.26 Å². The number of hydrogen-bond donors (Lipinski definition) is 0. The summed E-state index contributed by atoms with van der Waals surface area (Å²) in [5.41, 5.74) is 2.28. The molecule has 4 nitrogen and oxygen atoms in total. The standard InChI is InChI=1S/C13H16N2O2/c1-17-7-6-15-9-10-4-2-3-5-11(10)12(8-14)13(15)16/h9H,2-7H2,1H3. The van der Waals surface area contributed by atoms with E-state index in [1.165, 1.54) is 0 Å². The average molecular weight is 232 g/mol. The Morgan fingerprint density at radius 1 is 1.47 bits per heavy atom. The summed E-state index contributed by atoms with van der Waals surface area (Å²) >= 11 is 0. The minimum Gasteiger partial charge on any atom is -0.383 e. The van der Waals surface area contributed by atoms with E-state index in [0.29, 0.717) is 18.7 Å². The van der Waals surface area contributed by atoms with Crippen LogP contribution in [0.1, 0.15) is 29.5 Å². The minimum absolute atomic E-state index is 0.176. The van der Waals surface area contributed by atoms with Gasteiger partial charge in [0.25, 0.3) is 5.56 Å². The smallest absolute Gasteiger partial charge is 0.268 e. The highest BCUT2D eigenvalue weighted by molar-refractivity contribution is 5.41. The van der Waals surface area contributed by atoms with Crippen molar-refractivity contribution < 1.29 is 4.74 Å². The van der Waals surface area contributed by atoms with Gasteiger partial charge in [-0.15, -0.1) is 0 Å². The van der Waals surface area contributed by atoms with Crippen LogP contribution in [-0.2, 0) is 24.1 Å². The molecule has 0 spiro atoms. The normalized spacial score (nSPS) is 14.1. The first-order valence-electron chi connectivity index (χ1n) is 5.92. The van der Waals surface area contributed by atoms with Gasteiger partial charge in [0.1, 0.15) is 11.6 Å². The van der Waals surface area contributed by atoms with Gasteiger partial charge >= 0.3 is 0 Å². The lowest BCUT2D eigenvalue weighted by atomic mass is 9.90. The molecule has 1 aliphatic rings. The molecule has 1 aromatic rings. The molecular formula is C13H16N2O2. The molecule has 2 rings (SSSR count). The van der Waals surface area contributed by atoms with Gasteiger partial charge in [0.05, 0.1) is 6.61 Å². The van der Waals surface area contributed by atoms with Gasteiger partial charge in [0.15, 0.2) is 0 Å². The quantitative estimate of drug-likeness (QED) is 0.788. The van der Waals surface area contributed by atoms with Crippen LogP contribution in [0.25, 0.3) is 0 Å². The van der Waals surface area contributed by atoms with Crippen molar-refractivity contribution in [2.24, 2.45) is 0 Å². The van der Waals surface area contributed by atoms with E-state index in [0.717, 1.165) is 36.8 Å². The molecule has 1 aromatic heterocycles. The number of ether oxygens (including phenoxy) is 1. The summed E-state index contributed by atoms with van der Waals surface area (Å²) in [6, 6.07) is 2.07. The van der Waals surface area contributed by atoms with Crippen LogP contribution in [0.15, 0.2) is 11.0 Å². The van der Waals surface area contributed by atoms with Crippen LogP contribution in [-0.4, -0.2) is 18.3 Å². The Bertz CT molecular complexity index is 511. The molecule has 0 radical (unpaired) electrons. The highest BCUT2D eigenvalue weighted by Crippen LogP contribution is 2.21. The van der Waals surface area contributed by atoms with Gasteiger partial charge in [-0.3, -0.25) is 4.79 Å². The highest BCUT2D eigenvalue weighted by Gasteiger charge is 2.18. The number of nitrogens with zero attached hydrogens (tertiary/aromatic N) is 2. The van der Waals surface area contributed by atoms with E-state index in [4.69, 9.17) is 10.00 Å². The molecule has 0 fully saturated rings. The van der Waals surface area contributed by atoms with Gasteiger partial charge in [0, 0.05) is 19.9 Å². The molecule has 1 aliphatic carbocycles. The first-order valence-corrected chi connectivity index (χ1v) is 5.92. The molecule has 0 unspecified atom stereocenters. The van der Waals surface area contributed by atoms with Crippen molar-refractivity contribution in [2.45, 2.75) is 32.2 Å². The molecule has 90 valence electrons. The van der Waals surface area contributed by atoms with Crippen molar-refractivity contribution in [2.75, 3.05) is 13.7 Å². The number of methoxy groups -OCH3 is 1. The van der Waals surface area contributed by atoms with Crippen LogP contribution in [0, 0.1) is 11.3 Å². The maximum atomic E-state index is 12.1. The van der Waals surface area contributed by atoms with Crippen molar-refractivity contribution in [3.05, 3.63) is 33.2 Å². The van der Waals surface area contributed by atoms with E-state index < -0.39 is 0 Å². The largest absolute Gasteiger partial charge is 0.383 e. The fourth-order valence-electron chi connectivity index (χ4n) is 2.35. The molecule has 4 heteroatoms. The van der Waals surface area contributed by atoms with Crippen LogP contribution in [0.4, 0.5) is 0 Å². The second kappa shape index (κ2) is 5.15. The first-order chi connectivity index (χ1) is 8.27. The molecule has 0 amide bonds. The molecular weight excluding hydrogens is 216 g/mol. The van der Waals surface area contributed by atoms with E-state index in [-0.39, 0.29) is 5.56 Å². The summed E-state index contributed by atoms with van der Waals surface area (Å²) in [6.07, 6.45) is 5.94. The predicted molar refractivity (Wildman–Crippen MR) is 63.9 cm³/mol. The Hall–Kier alpha value is -1.60. The lowest BCUT2D eigenvalue weighted by molar-refractivity contribution is 0.186. The number of aromatic nitrogens is 1. The van der Waals surface area contributed by atoms with E-state index in [1.54, 1.807) is 11.7 Å². The Morgan fingerprint density at radius 3 is 2.94 bits per heavy atom. The van der Waals surface area contributed by atoms with E-state index in [1.807, 2.05) is 6.20 Å². The number of pyridine rings is 1. The molecule has 0 aromatic carbocycles.